The smallest absolute Gasteiger partial charge is 0.338 e. The first-order valence-electron chi connectivity index (χ1n) is 6.88. The minimum absolute atomic E-state index is 0.00633. The molecule has 8 heteroatoms. The summed E-state index contributed by atoms with van der Waals surface area (Å²) in [7, 11) is 0. The van der Waals surface area contributed by atoms with Gasteiger partial charge in [0, 0.05) is 23.7 Å². The first-order chi connectivity index (χ1) is 11.5. The van der Waals surface area contributed by atoms with Crippen molar-refractivity contribution in [1.82, 2.24) is 5.32 Å². The summed E-state index contributed by atoms with van der Waals surface area (Å²) < 4.78 is 4.84. The number of non-ortho nitro benzene ring substituents is 1. The molecule has 0 aliphatic rings. The molecule has 1 amide bonds. The van der Waals surface area contributed by atoms with Crippen molar-refractivity contribution in [3.63, 3.8) is 0 Å². The maximum absolute atomic E-state index is 11.8. The largest absolute Gasteiger partial charge is 0.452 e. The zero-order valence-electron chi connectivity index (χ0n) is 12.4. The second kappa shape index (κ2) is 8.07. The number of amides is 1. The first kappa shape index (κ1) is 17.4. The third-order valence-electron chi connectivity index (χ3n) is 3.01. The van der Waals surface area contributed by atoms with Crippen molar-refractivity contribution in [2.24, 2.45) is 0 Å². The van der Waals surface area contributed by atoms with Crippen molar-refractivity contribution in [2.75, 3.05) is 6.61 Å². The fourth-order valence-corrected chi connectivity index (χ4v) is 2.07. The molecule has 24 heavy (non-hydrogen) atoms. The van der Waals surface area contributed by atoms with E-state index in [1.165, 1.54) is 18.2 Å². The summed E-state index contributed by atoms with van der Waals surface area (Å²) >= 11 is 5.84. The lowest BCUT2D eigenvalue weighted by Gasteiger charge is -2.07. The predicted octanol–water partition coefficient (Wildman–Crippen LogP) is 2.72. The van der Waals surface area contributed by atoms with E-state index in [0.29, 0.717) is 5.02 Å². The molecule has 0 aliphatic carbocycles. The second-order valence-corrected chi connectivity index (χ2v) is 5.23. The molecule has 2 aromatic carbocycles. The summed E-state index contributed by atoms with van der Waals surface area (Å²) in [6, 6.07) is 12.1. The van der Waals surface area contributed by atoms with E-state index < -0.39 is 23.4 Å². The highest BCUT2D eigenvalue weighted by atomic mass is 35.5. The lowest BCUT2D eigenvalue weighted by molar-refractivity contribution is -0.384. The topological polar surface area (TPSA) is 98.5 Å². The molecule has 2 rings (SSSR count). The number of benzene rings is 2. The van der Waals surface area contributed by atoms with Gasteiger partial charge in [0.15, 0.2) is 6.61 Å². The summed E-state index contributed by atoms with van der Waals surface area (Å²) in [6.07, 6.45) is 0. The van der Waals surface area contributed by atoms with Crippen molar-refractivity contribution < 1.29 is 19.2 Å². The number of esters is 1. The van der Waals surface area contributed by atoms with Gasteiger partial charge in [-0.2, -0.15) is 0 Å². The standard InChI is InChI=1S/C16H13ClN2O5/c17-13-5-1-3-11(7-13)9-18-15(20)10-24-16(21)12-4-2-6-14(8-12)19(22)23/h1-8H,9-10H2,(H,18,20). The number of halogens is 1. The van der Waals surface area contributed by atoms with Gasteiger partial charge in [-0.15, -0.1) is 0 Å². The normalized spacial score (nSPS) is 10.0. The molecular weight excluding hydrogens is 336 g/mol. The molecule has 0 heterocycles. The van der Waals surface area contributed by atoms with Crippen molar-refractivity contribution in [3.05, 3.63) is 74.8 Å². The molecule has 0 fully saturated rings. The molecule has 0 saturated heterocycles. The molecule has 0 unspecified atom stereocenters. The van der Waals surface area contributed by atoms with Crippen LogP contribution < -0.4 is 5.32 Å². The maximum Gasteiger partial charge on any atom is 0.338 e. The van der Waals surface area contributed by atoms with Gasteiger partial charge in [0.05, 0.1) is 10.5 Å². The van der Waals surface area contributed by atoms with Crippen LogP contribution in [0.2, 0.25) is 5.02 Å². The molecule has 0 spiro atoms. The number of ether oxygens (including phenoxy) is 1. The van der Waals surface area contributed by atoms with Crippen LogP contribution in [0.4, 0.5) is 5.69 Å². The van der Waals surface area contributed by atoms with Gasteiger partial charge in [0.1, 0.15) is 0 Å². The Morgan fingerprint density at radius 3 is 2.62 bits per heavy atom. The SMILES string of the molecule is O=C(COC(=O)c1cccc([N+](=O)[O-])c1)NCc1cccc(Cl)c1. The number of nitro benzene ring substituents is 1. The predicted molar refractivity (Wildman–Crippen MR) is 86.7 cm³/mol. The molecule has 0 aromatic heterocycles. The highest BCUT2D eigenvalue weighted by Gasteiger charge is 2.14. The van der Waals surface area contributed by atoms with Crippen LogP contribution in [0.5, 0.6) is 0 Å². The van der Waals surface area contributed by atoms with Gasteiger partial charge in [0.25, 0.3) is 11.6 Å². The van der Waals surface area contributed by atoms with Gasteiger partial charge in [-0.25, -0.2) is 4.79 Å². The molecular formula is C16H13ClN2O5. The number of rotatable bonds is 6. The lowest BCUT2D eigenvalue weighted by Crippen LogP contribution is -2.28. The quantitative estimate of drug-likeness (QED) is 0.491. The van der Waals surface area contributed by atoms with E-state index in [4.69, 9.17) is 16.3 Å². The molecule has 0 aliphatic heterocycles. The number of nitrogens with zero attached hydrogens (tertiary/aromatic N) is 1. The van der Waals surface area contributed by atoms with E-state index in [2.05, 4.69) is 5.32 Å². The molecule has 0 saturated carbocycles. The summed E-state index contributed by atoms with van der Waals surface area (Å²) in [5.74, 6) is -1.30. The average molecular weight is 349 g/mol. The van der Waals surface area contributed by atoms with Gasteiger partial charge >= 0.3 is 5.97 Å². The van der Waals surface area contributed by atoms with E-state index in [1.54, 1.807) is 24.3 Å². The van der Waals surface area contributed by atoms with Crippen LogP contribution in [-0.2, 0) is 16.1 Å². The Morgan fingerprint density at radius 1 is 1.17 bits per heavy atom. The Hall–Kier alpha value is -2.93. The van der Waals surface area contributed by atoms with Crippen LogP contribution in [0, 0.1) is 10.1 Å². The fourth-order valence-electron chi connectivity index (χ4n) is 1.86. The molecule has 2 aromatic rings. The van der Waals surface area contributed by atoms with Crippen molar-refractivity contribution in [1.29, 1.82) is 0 Å². The lowest BCUT2D eigenvalue weighted by atomic mass is 10.2. The Kier molecular flexibility index (Phi) is 5.86. The van der Waals surface area contributed by atoms with E-state index in [0.717, 1.165) is 11.6 Å². The van der Waals surface area contributed by atoms with Crippen molar-refractivity contribution >= 4 is 29.2 Å². The molecule has 7 nitrogen and oxygen atoms in total. The van der Waals surface area contributed by atoms with E-state index in [1.807, 2.05) is 0 Å². The summed E-state index contributed by atoms with van der Waals surface area (Å²) in [4.78, 5) is 33.5. The minimum Gasteiger partial charge on any atom is -0.452 e. The highest BCUT2D eigenvalue weighted by Crippen LogP contribution is 2.14. The van der Waals surface area contributed by atoms with Crippen LogP contribution >= 0.6 is 11.6 Å². The number of nitro groups is 1. The average Bonchev–Trinajstić information content (AvgIpc) is 2.58. The first-order valence-corrected chi connectivity index (χ1v) is 7.26. The van der Waals surface area contributed by atoms with Crippen LogP contribution in [0.15, 0.2) is 48.5 Å². The Bertz CT molecular complexity index is 779. The van der Waals surface area contributed by atoms with Crippen LogP contribution in [0.3, 0.4) is 0 Å². The maximum atomic E-state index is 11.8. The number of carbonyl (C=O) groups is 2. The highest BCUT2D eigenvalue weighted by molar-refractivity contribution is 6.30. The van der Waals surface area contributed by atoms with Gasteiger partial charge in [-0.05, 0) is 23.8 Å². The Morgan fingerprint density at radius 2 is 1.92 bits per heavy atom. The van der Waals surface area contributed by atoms with Gasteiger partial charge in [0.2, 0.25) is 0 Å². The molecule has 124 valence electrons. The van der Waals surface area contributed by atoms with Crippen molar-refractivity contribution in [2.45, 2.75) is 6.54 Å². The Labute approximate surface area is 142 Å². The molecule has 1 N–H and O–H groups in total. The summed E-state index contributed by atoms with van der Waals surface area (Å²) in [5, 5.41) is 13.8. The van der Waals surface area contributed by atoms with E-state index >= 15 is 0 Å². The monoisotopic (exact) mass is 348 g/mol. The number of carbonyl (C=O) groups excluding carboxylic acids is 2. The second-order valence-electron chi connectivity index (χ2n) is 4.79. The van der Waals surface area contributed by atoms with Gasteiger partial charge in [-0.3, -0.25) is 14.9 Å². The minimum atomic E-state index is -0.809. The van der Waals surface area contributed by atoms with E-state index in [9.17, 15) is 19.7 Å². The summed E-state index contributed by atoms with van der Waals surface area (Å²) in [6.45, 7) is -0.240. The van der Waals surface area contributed by atoms with Crippen LogP contribution in [0.1, 0.15) is 15.9 Å². The van der Waals surface area contributed by atoms with Gasteiger partial charge < -0.3 is 10.1 Å². The molecule has 0 bridgehead atoms. The third-order valence-corrected chi connectivity index (χ3v) is 3.24. The van der Waals surface area contributed by atoms with Crippen LogP contribution in [0.25, 0.3) is 0 Å². The van der Waals surface area contributed by atoms with E-state index in [-0.39, 0.29) is 17.8 Å². The molecule has 0 radical (unpaired) electrons. The number of nitrogens with one attached hydrogen (secondary N) is 1. The summed E-state index contributed by atoms with van der Waals surface area (Å²) in [5.41, 5.74) is 0.586. The zero-order valence-corrected chi connectivity index (χ0v) is 13.2. The Balaban J connectivity index is 1.84. The number of hydrogen-bond donors (Lipinski definition) is 1. The number of hydrogen-bond acceptors (Lipinski definition) is 5. The van der Waals surface area contributed by atoms with Gasteiger partial charge in [-0.1, -0.05) is 29.8 Å². The third kappa shape index (κ3) is 5.06. The fraction of sp³-hybridized carbons (Fsp3) is 0.125. The molecule has 0 atom stereocenters. The zero-order chi connectivity index (χ0) is 17.5. The van der Waals surface area contributed by atoms with Crippen molar-refractivity contribution in [3.8, 4) is 0 Å². The van der Waals surface area contributed by atoms with Crippen LogP contribution in [-0.4, -0.2) is 23.4 Å².